The number of halogens is 1. The zero-order valence-electron chi connectivity index (χ0n) is 11.4. The minimum atomic E-state index is -0.233. The van der Waals surface area contributed by atoms with Crippen molar-refractivity contribution < 1.29 is 4.79 Å². The predicted molar refractivity (Wildman–Crippen MR) is 83.0 cm³/mol. The average Bonchev–Trinajstić information content (AvgIpc) is 2.42. The van der Waals surface area contributed by atoms with Gasteiger partial charge in [0.05, 0.1) is 4.75 Å². The number of Topliss-reactive ketones (excluding diaryl/α,β-unsaturated/α-hetero) is 1. The van der Waals surface area contributed by atoms with E-state index in [1.807, 2.05) is 18.2 Å². The third kappa shape index (κ3) is 3.76. The molecular weight excluding hydrogens is 276 g/mol. The van der Waals surface area contributed by atoms with Gasteiger partial charge >= 0.3 is 0 Å². The SMILES string of the molecule is C[C@@H]1CCC(CCCCl)(Sc2ccccc2)C(=O)C1. The van der Waals surface area contributed by atoms with Crippen molar-refractivity contribution in [3.05, 3.63) is 30.3 Å². The Hall–Kier alpha value is -0.470. The van der Waals surface area contributed by atoms with Crippen molar-refractivity contribution in [2.75, 3.05) is 5.88 Å². The summed E-state index contributed by atoms with van der Waals surface area (Å²) in [5.41, 5.74) is 0. The van der Waals surface area contributed by atoms with Crippen LogP contribution in [0.15, 0.2) is 35.2 Å². The molecule has 0 spiro atoms. The highest BCUT2D eigenvalue weighted by atomic mass is 35.5. The van der Waals surface area contributed by atoms with Crippen LogP contribution in [0, 0.1) is 5.92 Å². The number of hydrogen-bond acceptors (Lipinski definition) is 2. The zero-order chi connectivity index (χ0) is 13.7. The van der Waals surface area contributed by atoms with Crippen molar-refractivity contribution in [2.45, 2.75) is 48.7 Å². The number of rotatable bonds is 5. The second-order valence-corrected chi connectivity index (χ2v) is 7.31. The average molecular weight is 297 g/mol. The molecule has 0 N–H and O–H groups in total. The molecule has 0 amide bonds. The molecule has 1 fully saturated rings. The fraction of sp³-hybridized carbons (Fsp3) is 0.562. The van der Waals surface area contributed by atoms with E-state index in [0.29, 0.717) is 17.6 Å². The number of thioether (sulfide) groups is 1. The Labute approximate surface area is 125 Å². The van der Waals surface area contributed by atoms with Crippen LogP contribution in [0.4, 0.5) is 0 Å². The third-order valence-electron chi connectivity index (χ3n) is 3.85. The lowest BCUT2D eigenvalue weighted by Gasteiger charge is -2.37. The van der Waals surface area contributed by atoms with Gasteiger partial charge in [-0.15, -0.1) is 23.4 Å². The Bertz CT molecular complexity index is 416. The molecule has 1 aliphatic carbocycles. The first-order chi connectivity index (χ1) is 9.16. The van der Waals surface area contributed by atoms with Crippen LogP contribution in [0.3, 0.4) is 0 Å². The van der Waals surface area contributed by atoms with Crippen molar-refractivity contribution in [2.24, 2.45) is 5.92 Å². The van der Waals surface area contributed by atoms with Gasteiger partial charge in [-0.3, -0.25) is 4.79 Å². The van der Waals surface area contributed by atoms with Gasteiger partial charge in [0.2, 0.25) is 0 Å². The Morgan fingerprint density at radius 1 is 1.37 bits per heavy atom. The van der Waals surface area contributed by atoms with E-state index in [2.05, 4.69) is 19.1 Å². The van der Waals surface area contributed by atoms with Crippen molar-refractivity contribution in [1.29, 1.82) is 0 Å². The van der Waals surface area contributed by atoms with Gasteiger partial charge < -0.3 is 0 Å². The lowest BCUT2D eigenvalue weighted by atomic mass is 9.79. The normalized spacial score (nSPS) is 27.5. The van der Waals surface area contributed by atoms with Gasteiger partial charge in [-0.25, -0.2) is 0 Å². The highest BCUT2D eigenvalue weighted by Crippen LogP contribution is 2.46. The van der Waals surface area contributed by atoms with Crippen LogP contribution < -0.4 is 0 Å². The summed E-state index contributed by atoms with van der Waals surface area (Å²) < 4.78 is -0.233. The van der Waals surface area contributed by atoms with Gasteiger partial charge in [0.25, 0.3) is 0 Å². The Balaban J connectivity index is 2.17. The first-order valence-corrected chi connectivity index (χ1v) is 8.35. The molecule has 0 bridgehead atoms. The quantitative estimate of drug-likeness (QED) is 0.717. The minimum Gasteiger partial charge on any atom is -0.298 e. The summed E-state index contributed by atoms with van der Waals surface area (Å²) >= 11 is 7.60. The van der Waals surface area contributed by atoms with Crippen LogP contribution >= 0.6 is 23.4 Å². The van der Waals surface area contributed by atoms with Crippen LogP contribution in [-0.4, -0.2) is 16.4 Å². The number of hydrogen-bond donors (Lipinski definition) is 0. The maximum Gasteiger partial charge on any atom is 0.149 e. The maximum absolute atomic E-state index is 12.6. The molecular formula is C16H21ClOS. The molecule has 1 aliphatic rings. The van der Waals surface area contributed by atoms with E-state index >= 15 is 0 Å². The number of ketones is 1. The number of carbonyl (C=O) groups excluding carboxylic acids is 1. The van der Waals surface area contributed by atoms with Crippen molar-refractivity contribution >= 4 is 29.1 Å². The summed E-state index contributed by atoms with van der Waals surface area (Å²) in [7, 11) is 0. The number of carbonyl (C=O) groups is 1. The van der Waals surface area contributed by atoms with E-state index in [1.165, 1.54) is 4.90 Å². The maximum atomic E-state index is 12.6. The predicted octanol–water partition coefficient (Wildman–Crippen LogP) is 4.93. The largest absolute Gasteiger partial charge is 0.298 e. The number of benzene rings is 1. The van der Waals surface area contributed by atoms with Crippen LogP contribution in [0.2, 0.25) is 0 Å². The van der Waals surface area contributed by atoms with Crippen LogP contribution in [0.1, 0.15) is 39.0 Å². The molecule has 1 unspecified atom stereocenters. The second-order valence-electron chi connectivity index (χ2n) is 5.47. The molecule has 19 heavy (non-hydrogen) atoms. The Morgan fingerprint density at radius 2 is 2.11 bits per heavy atom. The summed E-state index contributed by atoms with van der Waals surface area (Å²) in [5.74, 6) is 1.60. The summed E-state index contributed by atoms with van der Waals surface area (Å²) in [5, 5.41) is 0. The summed E-state index contributed by atoms with van der Waals surface area (Å²) in [4.78, 5) is 13.8. The first kappa shape index (κ1) is 14.9. The summed E-state index contributed by atoms with van der Waals surface area (Å²) in [6, 6.07) is 10.3. The zero-order valence-corrected chi connectivity index (χ0v) is 13.0. The molecule has 1 aromatic rings. The van der Waals surface area contributed by atoms with Gasteiger partial charge in [-0.2, -0.15) is 0 Å². The number of alkyl halides is 1. The van der Waals surface area contributed by atoms with E-state index in [1.54, 1.807) is 11.8 Å². The van der Waals surface area contributed by atoms with Gasteiger partial charge in [-0.1, -0.05) is 25.1 Å². The molecule has 1 aromatic carbocycles. The lowest BCUT2D eigenvalue weighted by molar-refractivity contribution is -0.124. The van der Waals surface area contributed by atoms with E-state index in [9.17, 15) is 4.79 Å². The van der Waals surface area contributed by atoms with E-state index in [4.69, 9.17) is 11.6 Å². The van der Waals surface area contributed by atoms with Crippen molar-refractivity contribution in [1.82, 2.24) is 0 Å². The Kier molecular flexibility index (Phi) is 5.35. The van der Waals surface area contributed by atoms with Crippen LogP contribution in [0.25, 0.3) is 0 Å². The molecule has 0 aliphatic heterocycles. The van der Waals surface area contributed by atoms with E-state index < -0.39 is 0 Å². The Morgan fingerprint density at radius 3 is 2.74 bits per heavy atom. The molecule has 0 radical (unpaired) electrons. The molecule has 0 saturated heterocycles. The highest BCUT2D eigenvalue weighted by Gasteiger charge is 2.42. The fourth-order valence-corrected chi connectivity index (χ4v) is 4.25. The van der Waals surface area contributed by atoms with Crippen molar-refractivity contribution in [3.63, 3.8) is 0 Å². The summed E-state index contributed by atoms with van der Waals surface area (Å²) in [6.07, 6.45) is 4.68. The fourth-order valence-electron chi connectivity index (χ4n) is 2.71. The molecule has 2 rings (SSSR count). The first-order valence-electron chi connectivity index (χ1n) is 6.99. The molecule has 1 saturated carbocycles. The second kappa shape index (κ2) is 6.81. The van der Waals surface area contributed by atoms with Gasteiger partial charge in [0.1, 0.15) is 5.78 Å². The van der Waals surface area contributed by atoms with Crippen molar-refractivity contribution in [3.8, 4) is 0 Å². The van der Waals surface area contributed by atoms with Gasteiger partial charge in [0.15, 0.2) is 0 Å². The molecule has 104 valence electrons. The summed E-state index contributed by atoms with van der Waals surface area (Å²) in [6.45, 7) is 2.18. The molecule has 0 aromatic heterocycles. The topological polar surface area (TPSA) is 17.1 Å². The minimum absolute atomic E-state index is 0.233. The van der Waals surface area contributed by atoms with Gasteiger partial charge in [0, 0.05) is 17.2 Å². The monoisotopic (exact) mass is 296 g/mol. The highest BCUT2D eigenvalue weighted by molar-refractivity contribution is 8.01. The molecule has 1 nitrogen and oxygen atoms in total. The lowest BCUT2D eigenvalue weighted by Crippen LogP contribution is -2.40. The van der Waals surface area contributed by atoms with Crippen LogP contribution in [-0.2, 0) is 4.79 Å². The third-order valence-corrected chi connectivity index (χ3v) is 5.66. The van der Waals surface area contributed by atoms with Crippen LogP contribution in [0.5, 0.6) is 0 Å². The molecule has 0 heterocycles. The molecule has 2 atom stereocenters. The smallest absolute Gasteiger partial charge is 0.149 e. The van der Waals surface area contributed by atoms with E-state index in [0.717, 1.165) is 32.1 Å². The standard InChI is InChI=1S/C16H21ClOS/c1-13-8-10-16(9-5-11-17,15(18)12-13)19-14-6-3-2-4-7-14/h2-4,6-7,13H,5,8-12H2,1H3/t13-,16?/m1/s1. The molecule has 3 heteroatoms. The van der Waals surface area contributed by atoms with E-state index in [-0.39, 0.29) is 4.75 Å². The van der Waals surface area contributed by atoms with Gasteiger partial charge in [-0.05, 0) is 43.7 Å².